The number of nitrogens with zero attached hydrogens (tertiary/aromatic N) is 3. The van der Waals surface area contributed by atoms with Crippen LogP contribution < -0.4 is 14.8 Å². The third-order valence-electron chi connectivity index (χ3n) is 4.71. The van der Waals surface area contributed by atoms with Gasteiger partial charge in [-0.05, 0) is 24.3 Å². The van der Waals surface area contributed by atoms with E-state index in [-0.39, 0.29) is 25.0 Å². The maximum absolute atomic E-state index is 12.4. The molecule has 0 aliphatic carbocycles. The molecule has 1 aliphatic heterocycles. The number of hydrogen-bond acceptors (Lipinski definition) is 8. The van der Waals surface area contributed by atoms with E-state index in [4.69, 9.17) is 9.47 Å². The third kappa shape index (κ3) is 5.07. The summed E-state index contributed by atoms with van der Waals surface area (Å²) in [5, 5.41) is 11.5. The molecular weight excluding hydrogens is 444 g/mol. The molecule has 2 heterocycles. The van der Waals surface area contributed by atoms with E-state index >= 15 is 0 Å². The Morgan fingerprint density at radius 1 is 1.00 bits per heavy atom. The Morgan fingerprint density at radius 2 is 1.64 bits per heavy atom. The molecule has 1 aliphatic rings. The predicted molar refractivity (Wildman–Crippen MR) is 122 cm³/mol. The van der Waals surface area contributed by atoms with Crippen LogP contribution in [0.25, 0.3) is 0 Å². The van der Waals surface area contributed by atoms with Crippen LogP contribution in [0.3, 0.4) is 0 Å². The number of ether oxygens (including phenoxy) is 2. The molecule has 1 N–H and O–H groups in total. The maximum Gasteiger partial charge on any atom is 0.264 e. The molecule has 0 spiro atoms. The molecule has 2 aromatic carbocycles. The van der Waals surface area contributed by atoms with Crippen molar-refractivity contribution in [3.63, 3.8) is 0 Å². The molecule has 0 saturated heterocycles. The van der Waals surface area contributed by atoms with Crippen molar-refractivity contribution in [1.29, 1.82) is 0 Å². The molecule has 33 heavy (non-hydrogen) atoms. The van der Waals surface area contributed by atoms with Gasteiger partial charge in [0.25, 0.3) is 17.7 Å². The minimum atomic E-state index is -0.406. The van der Waals surface area contributed by atoms with Crippen LogP contribution in [-0.4, -0.2) is 52.6 Å². The number of rotatable bonds is 10. The van der Waals surface area contributed by atoms with Gasteiger partial charge in [0.05, 0.1) is 11.1 Å². The fourth-order valence-electron chi connectivity index (χ4n) is 3.19. The van der Waals surface area contributed by atoms with Crippen molar-refractivity contribution >= 4 is 34.2 Å². The van der Waals surface area contributed by atoms with Crippen LogP contribution in [-0.2, 0) is 11.2 Å². The van der Waals surface area contributed by atoms with E-state index in [0.29, 0.717) is 45.8 Å². The van der Waals surface area contributed by atoms with Gasteiger partial charge >= 0.3 is 0 Å². The summed E-state index contributed by atoms with van der Waals surface area (Å²) in [5.74, 6) is -0.0900. The zero-order chi connectivity index (χ0) is 23.2. The zero-order valence-corrected chi connectivity index (χ0v) is 18.3. The third-order valence-corrected chi connectivity index (χ3v) is 5.60. The van der Waals surface area contributed by atoms with Gasteiger partial charge in [-0.25, -0.2) is 0 Å². The number of fused-ring (bicyclic) bond motifs is 1. The van der Waals surface area contributed by atoms with E-state index in [1.165, 1.54) is 16.2 Å². The van der Waals surface area contributed by atoms with Gasteiger partial charge in [-0.15, -0.1) is 10.2 Å². The maximum atomic E-state index is 12.4. The molecule has 10 heteroatoms. The fraction of sp³-hybridized carbons (Fsp3) is 0.174. The average molecular weight is 465 g/mol. The van der Waals surface area contributed by atoms with Crippen molar-refractivity contribution in [1.82, 2.24) is 15.1 Å². The Balaban J connectivity index is 1.28. The second-order valence-corrected chi connectivity index (χ2v) is 8.00. The largest absolute Gasteiger partial charge is 0.486 e. The lowest BCUT2D eigenvalue weighted by Crippen LogP contribution is -2.31. The summed E-state index contributed by atoms with van der Waals surface area (Å²) >= 11 is 1.17. The van der Waals surface area contributed by atoms with Crippen LogP contribution in [0.4, 0.5) is 5.13 Å². The number of anilines is 1. The lowest BCUT2D eigenvalue weighted by Gasteiger charge is -2.12. The highest BCUT2D eigenvalue weighted by Gasteiger charge is 2.34. The van der Waals surface area contributed by atoms with E-state index in [0.717, 1.165) is 0 Å². The summed E-state index contributed by atoms with van der Waals surface area (Å²) in [4.78, 5) is 38.3. The van der Waals surface area contributed by atoms with E-state index in [2.05, 4.69) is 22.1 Å². The van der Waals surface area contributed by atoms with Crippen LogP contribution in [0.1, 0.15) is 25.7 Å². The Labute approximate surface area is 193 Å². The number of aromatic nitrogens is 2. The molecule has 0 bridgehead atoms. The van der Waals surface area contributed by atoms with Crippen molar-refractivity contribution in [2.24, 2.45) is 0 Å². The van der Waals surface area contributed by atoms with Crippen molar-refractivity contribution in [2.45, 2.75) is 6.42 Å². The minimum absolute atomic E-state index is 0.180. The first-order valence-electron chi connectivity index (χ1n) is 10.1. The smallest absolute Gasteiger partial charge is 0.264 e. The lowest BCUT2D eigenvalue weighted by atomic mass is 10.1. The van der Waals surface area contributed by atoms with Crippen molar-refractivity contribution in [2.75, 3.05) is 25.1 Å². The first-order valence-corrected chi connectivity index (χ1v) is 10.9. The second kappa shape index (κ2) is 10.0. The highest BCUT2D eigenvalue weighted by molar-refractivity contribution is 7.15. The van der Waals surface area contributed by atoms with Gasteiger partial charge in [0.15, 0.2) is 18.1 Å². The summed E-state index contributed by atoms with van der Waals surface area (Å²) in [5.41, 5.74) is 0.813. The van der Waals surface area contributed by atoms with Gasteiger partial charge < -0.3 is 9.47 Å². The second-order valence-electron chi connectivity index (χ2n) is 6.94. The molecule has 4 rings (SSSR count). The number of carbonyl (C=O) groups is 3. The molecule has 1 aromatic heterocycles. The summed E-state index contributed by atoms with van der Waals surface area (Å²) in [6, 6.07) is 13.7. The molecule has 168 valence electrons. The summed E-state index contributed by atoms with van der Waals surface area (Å²) in [7, 11) is 0. The Hall–Kier alpha value is -4.05. The van der Waals surface area contributed by atoms with Gasteiger partial charge in [-0.3, -0.25) is 24.6 Å². The Bertz CT molecular complexity index is 1170. The first-order chi connectivity index (χ1) is 16.1. The standard InChI is InChI=1S/C23H20N4O5S/c1-2-13-31-17-9-5-6-10-18(17)32-14-19(28)24-23-26-25-20(33-23)11-12-27-21(29)15-7-3-4-8-16(15)22(27)30/h2-10H,1,11-14H2,(H,24,26,28). The molecule has 3 aromatic rings. The van der Waals surface area contributed by atoms with E-state index in [1.54, 1.807) is 54.6 Å². The van der Waals surface area contributed by atoms with Gasteiger partial charge in [0.2, 0.25) is 5.13 Å². The summed E-state index contributed by atoms with van der Waals surface area (Å²) < 4.78 is 11.0. The summed E-state index contributed by atoms with van der Waals surface area (Å²) in [6.07, 6.45) is 1.95. The number of para-hydroxylation sites is 2. The molecule has 0 fully saturated rings. The van der Waals surface area contributed by atoms with Crippen LogP contribution in [0.15, 0.2) is 61.2 Å². The number of carbonyl (C=O) groups excluding carboxylic acids is 3. The minimum Gasteiger partial charge on any atom is -0.486 e. The van der Waals surface area contributed by atoms with Gasteiger partial charge in [-0.2, -0.15) is 0 Å². The summed E-state index contributed by atoms with van der Waals surface area (Å²) in [6.45, 7) is 3.87. The number of amides is 3. The monoisotopic (exact) mass is 464 g/mol. The molecule has 9 nitrogen and oxygen atoms in total. The number of imide groups is 1. The molecule has 0 atom stereocenters. The first kappa shape index (κ1) is 22.2. The van der Waals surface area contributed by atoms with Crippen molar-refractivity contribution in [3.05, 3.63) is 77.3 Å². The Kier molecular flexibility index (Phi) is 6.75. The molecule has 0 unspecified atom stereocenters. The van der Waals surface area contributed by atoms with Gasteiger partial charge in [0.1, 0.15) is 11.6 Å². The van der Waals surface area contributed by atoms with Gasteiger partial charge in [0, 0.05) is 13.0 Å². The van der Waals surface area contributed by atoms with Crippen LogP contribution >= 0.6 is 11.3 Å². The number of benzene rings is 2. The highest BCUT2D eigenvalue weighted by atomic mass is 32.1. The van der Waals surface area contributed by atoms with Crippen molar-refractivity contribution < 1.29 is 23.9 Å². The van der Waals surface area contributed by atoms with E-state index in [1.807, 2.05) is 0 Å². The molecule has 0 radical (unpaired) electrons. The average Bonchev–Trinajstić information content (AvgIpc) is 3.37. The Morgan fingerprint density at radius 3 is 2.30 bits per heavy atom. The van der Waals surface area contributed by atoms with E-state index in [9.17, 15) is 14.4 Å². The SMILES string of the molecule is C=CCOc1ccccc1OCC(=O)Nc1nnc(CCN2C(=O)c3ccccc3C2=O)s1. The number of hydrogen-bond donors (Lipinski definition) is 1. The lowest BCUT2D eigenvalue weighted by molar-refractivity contribution is -0.118. The normalized spacial score (nSPS) is 12.4. The zero-order valence-electron chi connectivity index (χ0n) is 17.5. The highest BCUT2D eigenvalue weighted by Crippen LogP contribution is 2.27. The predicted octanol–water partition coefficient (Wildman–Crippen LogP) is 2.96. The van der Waals surface area contributed by atoms with Crippen LogP contribution in [0, 0.1) is 0 Å². The molecular formula is C23H20N4O5S. The quantitative estimate of drug-likeness (QED) is 0.363. The van der Waals surface area contributed by atoms with Crippen LogP contribution in [0.5, 0.6) is 11.5 Å². The van der Waals surface area contributed by atoms with Crippen molar-refractivity contribution in [3.8, 4) is 11.5 Å². The van der Waals surface area contributed by atoms with E-state index < -0.39 is 5.91 Å². The van der Waals surface area contributed by atoms with Crippen LogP contribution in [0.2, 0.25) is 0 Å². The number of nitrogens with one attached hydrogen (secondary N) is 1. The molecule has 0 saturated carbocycles. The molecule has 3 amide bonds. The van der Waals surface area contributed by atoms with Gasteiger partial charge in [-0.1, -0.05) is 48.3 Å². The topological polar surface area (TPSA) is 111 Å². The fourth-order valence-corrected chi connectivity index (χ4v) is 3.94.